The fourth-order valence-electron chi connectivity index (χ4n) is 1.55. The number of hydrazine groups is 1. The van der Waals surface area contributed by atoms with Gasteiger partial charge >= 0.3 is 0 Å². The van der Waals surface area contributed by atoms with Gasteiger partial charge in [0.05, 0.1) is 6.04 Å². The van der Waals surface area contributed by atoms with Gasteiger partial charge in [0, 0.05) is 17.3 Å². The molecular formula is C11H13N3S. The molecule has 0 aromatic carbocycles. The summed E-state index contributed by atoms with van der Waals surface area (Å²) in [5.74, 6) is 5.57. The average molecular weight is 219 g/mol. The van der Waals surface area contributed by atoms with Crippen molar-refractivity contribution in [3.8, 4) is 0 Å². The van der Waals surface area contributed by atoms with Crippen LogP contribution in [0.1, 0.15) is 22.0 Å². The predicted molar refractivity (Wildman–Crippen MR) is 62.5 cm³/mol. The second kappa shape index (κ2) is 4.53. The number of hydrogen-bond donors (Lipinski definition) is 2. The summed E-state index contributed by atoms with van der Waals surface area (Å²) in [4.78, 5) is 5.38. The van der Waals surface area contributed by atoms with Crippen LogP contribution in [-0.2, 0) is 0 Å². The second-order valence-electron chi connectivity index (χ2n) is 3.38. The summed E-state index contributed by atoms with van der Waals surface area (Å²) in [6, 6.07) is 6.11. The molecule has 3 N–H and O–H groups in total. The molecule has 78 valence electrons. The number of thiophene rings is 1. The molecule has 0 aliphatic heterocycles. The first-order valence-corrected chi connectivity index (χ1v) is 5.60. The van der Waals surface area contributed by atoms with Crippen molar-refractivity contribution in [1.29, 1.82) is 0 Å². The fourth-order valence-corrected chi connectivity index (χ4v) is 2.28. The van der Waals surface area contributed by atoms with Gasteiger partial charge in [0.25, 0.3) is 0 Å². The zero-order valence-electron chi connectivity index (χ0n) is 8.47. The zero-order chi connectivity index (χ0) is 10.7. The molecule has 0 amide bonds. The number of rotatable bonds is 3. The molecule has 2 heterocycles. The molecule has 0 spiro atoms. The first-order chi connectivity index (χ1) is 7.31. The maximum absolute atomic E-state index is 5.57. The van der Waals surface area contributed by atoms with E-state index in [-0.39, 0.29) is 6.04 Å². The monoisotopic (exact) mass is 219 g/mol. The van der Waals surface area contributed by atoms with Gasteiger partial charge in [-0.1, -0.05) is 6.07 Å². The van der Waals surface area contributed by atoms with Crippen molar-refractivity contribution in [3.63, 3.8) is 0 Å². The summed E-state index contributed by atoms with van der Waals surface area (Å²) in [5.41, 5.74) is 5.08. The number of aryl methyl sites for hydroxylation is 1. The highest BCUT2D eigenvalue weighted by molar-refractivity contribution is 7.10. The number of pyridine rings is 1. The van der Waals surface area contributed by atoms with Crippen LogP contribution in [0.25, 0.3) is 0 Å². The van der Waals surface area contributed by atoms with Crippen LogP contribution in [0.4, 0.5) is 0 Å². The van der Waals surface area contributed by atoms with Gasteiger partial charge in [-0.2, -0.15) is 0 Å². The molecule has 1 unspecified atom stereocenters. The number of hydrogen-bond acceptors (Lipinski definition) is 4. The summed E-state index contributed by atoms with van der Waals surface area (Å²) in [7, 11) is 0. The lowest BCUT2D eigenvalue weighted by Crippen LogP contribution is -2.28. The standard InChI is InChI=1S/C11H13N3S/c1-8-5-10(7-15-8)11(14-12)9-3-2-4-13-6-9/h2-7,11,14H,12H2,1H3. The fraction of sp³-hybridized carbons (Fsp3) is 0.182. The molecule has 0 aliphatic carbocycles. The van der Waals surface area contributed by atoms with E-state index in [4.69, 9.17) is 5.84 Å². The number of aromatic nitrogens is 1. The zero-order valence-corrected chi connectivity index (χ0v) is 9.29. The van der Waals surface area contributed by atoms with E-state index in [9.17, 15) is 0 Å². The molecule has 0 saturated heterocycles. The van der Waals surface area contributed by atoms with Crippen LogP contribution in [0.15, 0.2) is 36.0 Å². The third kappa shape index (κ3) is 2.23. The highest BCUT2D eigenvalue weighted by Gasteiger charge is 2.13. The number of nitrogens with two attached hydrogens (primary N) is 1. The van der Waals surface area contributed by atoms with Gasteiger partial charge in [-0.3, -0.25) is 10.8 Å². The van der Waals surface area contributed by atoms with Gasteiger partial charge in [0.15, 0.2) is 0 Å². The van der Waals surface area contributed by atoms with E-state index < -0.39 is 0 Å². The predicted octanol–water partition coefficient (Wildman–Crippen LogP) is 2.00. The van der Waals surface area contributed by atoms with Crippen LogP contribution in [0.2, 0.25) is 0 Å². The maximum atomic E-state index is 5.57. The molecule has 0 saturated carbocycles. The maximum Gasteiger partial charge on any atom is 0.0733 e. The van der Waals surface area contributed by atoms with Crippen LogP contribution < -0.4 is 11.3 Å². The lowest BCUT2D eigenvalue weighted by atomic mass is 10.0. The smallest absolute Gasteiger partial charge is 0.0733 e. The molecule has 15 heavy (non-hydrogen) atoms. The topological polar surface area (TPSA) is 50.9 Å². The molecule has 3 nitrogen and oxygen atoms in total. The van der Waals surface area contributed by atoms with Gasteiger partial charge in [-0.25, -0.2) is 5.43 Å². The van der Waals surface area contributed by atoms with E-state index in [0.29, 0.717) is 0 Å². The summed E-state index contributed by atoms with van der Waals surface area (Å²) in [6.07, 6.45) is 3.59. The van der Waals surface area contributed by atoms with Gasteiger partial charge in [0.2, 0.25) is 0 Å². The minimum Gasteiger partial charge on any atom is -0.271 e. The second-order valence-corrected chi connectivity index (χ2v) is 4.49. The Hall–Kier alpha value is -1.23. The van der Waals surface area contributed by atoms with Gasteiger partial charge < -0.3 is 0 Å². The molecular weight excluding hydrogens is 206 g/mol. The van der Waals surface area contributed by atoms with Crippen molar-refractivity contribution in [3.05, 3.63) is 52.0 Å². The molecule has 0 radical (unpaired) electrons. The summed E-state index contributed by atoms with van der Waals surface area (Å²) in [6.45, 7) is 2.09. The van der Waals surface area contributed by atoms with Crippen LogP contribution in [0, 0.1) is 6.92 Å². The Kier molecular flexibility index (Phi) is 3.11. The Balaban J connectivity index is 2.33. The molecule has 2 rings (SSSR count). The third-order valence-corrected chi connectivity index (χ3v) is 3.15. The van der Waals surface area contributed by atoms with Crippen molar-refractivity contribution in [2.24, 2.45) is 5.84 Å². The van der Waals surface area contributed by atoms with Crippen LogP contribution in [0.5, 0.6) is 0 Å². The van der Waals surface area contributed by atoms with Crippen LogP contribution >= 0.6 is 11.3 Å². The highest BCUT2D eigenvalue weighted by atomic mass is 32.1. The lowest BCUT2D eigenvalue weighted by Gasteiger charge is -2.14. The highest BCUT2D eigenvalue weighted by Crippen LogP contribution is 2.24. The first kappa shape index (κ1) is 10.3. The normalized spacial score (nSPS) is 12.7. The van der Waals surface area contributed by atoms with Crippen molar-refractivity contribution in [2.75, 3.05) is 0 Å². The molecule has 0 bridgehead atoms. The Morgan fingerprint density at radius 2 is 2.33 bits per heavy atom. The average Bonchev–Trinajstić information content (AvgIpc) is 2.68. The van der Waals surface area contributed by atoms with Gasteiger partial charge in [-0.05, 0) is 35.6 Å². The molecule has 0 aliphatic rings. The van der Waals surface area contributed by atoms with Crippen molar-refractivity contribution in [2.45, 2.75) is 13.0 Å². The molecule has 2 aromatic rings. The Morgan fingerprint density at radius 3 is 2.87 bits per heavy atom. The molecule has 2 aromatic heterocycles. The SMILES string of the molecule is Cc1cc(C(NN)c2cccnc2)cs1. The quantitative estimate of drug-likeness (QED) is 0.613. The van der Waals surface area contributed by atoms with Crippen LogP contribution in [-0.4, -0.2) is 4.98 Å². The third-order valence-electron chi connectivity index (χ3n) is 2.27. The Labute approximate surface area is 92.9 Å². The van der Waals surface area contributed by atoms with Gasteiger partial charge in [0.1, 0.15) is 0 Å². The Morgan fingerprint density at radius 1 is 1.47 bits per heavy atom. The lowest BCUT2D eigenvalue weighted by molar-refractivity contribution is 0.636. The van der Waals surface area contributed by atoms with Crippen LogP contribution in [0.3, 0.4) is 0 Å². The minimum absolute atomic E-state index is 0.0312. The minimum atomic E-state index is 0.0312. The number of nitrogens with zero attached hydrogens (tertiary/aromatic N) is 1. The Bertz CT molecular complexity index is 424. The molecule has 1 atom stereocenters. The van der Waals surface area contributed by atoms with Crippen molar-refractivity contribution >= 4 is 11.3 Å². The van der Waals surface area contributed by atoms with E-state index >= 15 is 0 Å². The van der Waals surface area contributed by atoms with Crippen molar-refractivity contribution in [1.82, 2.24) is 10.4 Å². The summed E-state index contributed by atoms with van der Waals surface area (Å²) in [5, 5.41) is 2.12. The molecule has 0 fully saturated rings. The molecule has 4 heteroatoms. The van der Waals surface area contributed by atoms with E-state index in [1.165, 1.54) is 10.4 Å². The van der Waals surface area contributed by atoms with E-state index in [1.54, 1.807) is 17.5 Å². The van der Waals surface area contributed by atoms with Crippen molar-refractivity contribution < 1.29 is 0 Å². The summed E-state index contributed by atoms with van der Waals surface area (Å²) < 4.78 is 0. The van der Waals surface area contributed by atoms with Gasteiger partial charge in [-0.15, -0.1) is 11.3 Å². The number of nitrogens with one attached hydrogen (secondary N) is 1. The van der Waals surface area contributed by atoms with E-state index in [2.05, 4.69) is 28.8 Å². The first-order valence-electron chi connectivity index (χ1n) is 4.72. The largest absolute Gasteiger partial charge is 0.271 e. The summed E-state index contributed by atoms with van der Waals surface area (Å²) >= 11 is 1.73. The van der Waals surface area contributed by atoms with E-state index in [0.717, 1.165) is 5.56 Å². The van der Waals surface area contributed by atoms with E-state index in [1.807, 2.05) is 18.3 Å².